The Morgan fingerprint density at radius 2 is 1.81 bits per heavy atom. The number of hydrogen-bond donors (Lipinski definition) is 1. The highest BCUT2D eigenvalue weighted by molar-refractivity contribution is 9.10. The lowest BCUT2D eigenvalue weighted by atomic mass is 9.82. The molecule has 0 unspecified atom stereocenters. The summed E-state index contributed by atoms with van der Waals surface area (Å²) in [7, 11) is 0. The lowest BCUT2D eigenvalue weighted by Crippen LogP contribution is -2.37. The number of nitrogens with one attached hydrogen (secondary N) is 1. The molecule has 1 N–H and O–H groups in total. The Hall–Kier alpha value is -0.540. The Bertz CT molecular complexity index is 478. The third kappa shape index (κ3) is 5.00. The molecule has 1 aromatic carbocycles. The van der Waals surface area contributed by atoms with E-state index in [-0.39, 0.29) is 5.54 Å². The zero-order valence-electron chi connectivity index (χ0n) is 14.1. The maximum atomic E-state index is 3.74. The number of piperidine rings is 1. The Kier molecular flexibility index (Phi) is 5.04. The van der Waals surface area contributed by atoms with E-state index in [4.69, 9.17) is 0 Å². The first-order valence-electron chi connectivity index (χ1n) is 7.95. The average Bonchev–Trinajstić information content (AvgIpc) is 2.36. The monoisotopic (exact) mass is 352 g/mol. The van der Waals surface area contributed by atoms with Crippen molar-refractivity contribution in [3.63, 3.8) is 0 Å². The molecule has 21 heavy (non-hydrogen) atoms. The van der Waals surface area contributed by atoms with Gasteiger partial charge in [0.2, 0.25) is 0 Å². The van der Waals surface area contributed by atoms with Crippen molar-refractivity contribution >= 4 is 21.6 Å². The third-order valence-corrected chi connectivity index (χ3v) is 5.07. The number of benzene rings is 1. The summed E-state index contributed by atoms with van der Waals surface area (Å²) in [6.45, 7) is 14.6. The SMILES string of the molecule is CC1(C)CCN(c2ccc(CNC(C)(C)C)c(Br)c2)CC1. The largest absolute Gasteiger partial charge is 0.371 e. The Morgan fingerprint density at radius 1 is 1.19 bits per heavy atom. The second-order valence-electron chi connectivity index (χ2n) is 8.03. The van der Waals surface area contributed by atoms with Gasteiger partial charge >= 0.3 is 0 Å². The molecule has 0 saturated carbocycles. The van der Waals surface area contributed by atoms with E-state index >= 15 is 0 Å². The fourth-order valence-electron chi connectivity index (χ4n) is 2.61. The van der Waals surface area contributed by atoms with Gasteiger partial charge in [-0.1, -0.05) is 35.8 Å². The maximum absolute atomic E-state index is 3.74. The molecule has 1 saturated heterocycles. The van der Waals surface area contributed by atoms with Gasteiger partial charge in [0.25, 0.3) is 0 Å². The number of halogens is 1. The lowest BCUT2D eigenvalue weighted by Gasteiger charge is -2.38. The molecule has 1 aromatic rings. The van der Waals surface area contributed by atoms with Gasteiger partial charge in [-0.05, 0) is 56.7 Å². The molecule has 3 heteroatoms. The summed E-state index contributed by atoms with van der Waals surface area (Å²) >= 11 is 3.74. The number of hydrogen-bond acceptors (Lipinski definition) is 2. The van der Waals surface area contributed by atoms with Crippen molar-refractivity contribution in [2.24, 2.45) is 5.41 Å². The van der Waals surface area contributed by atoms with Crippen molar-refractivity contribution in [3.8, 4) is 0 Å². The summed E-state index contributed by atoms with van der Waals surface area (Å²) < 4.78 is 1.21. The predicted molar refractivity (Wildman–Crippen MR) is 96.0 cm³/mol. The molecule has 0 atom stereocenters. The van der Waals surface area contributed by atoms with Crippen LogP contribution in [0.3, 0.4) is 0 Å². The van der Waals surface area contributed by atoms with Crippen LogP contribution in [0.1, 0.15) is 53.0 Å². The summed E-state index contributed by atoms with van der Waals surface area (Å²) in [6, 6.07) is 6.79. The molecule has 1 aliphatic rings. The minimum Gasteiger partial charge on any atom is -0.371 e. The second-order valence-corrected chi connectivity index (χ2v) is 8.88. The van der Waals surface area contributed by atoms with Crippen LogP contribution in [0.25, 0.3) is 0 Å². The van der Waals surface area contributed by atoms with Gasteiger partial charge in [0, 0.05) is 35.3 Å². The third-order valence-electron chi connectivity index (χ3n) is 4.33. The Balaban J connectivity index is 2.02. The summed E-state index contributed by atoms with van der Waals surface area (Å²) in [5.74, 6) is 0. The molecule has 0 amide bonds. The predicted octanol–water partition coefficient (Wildman–Crippen LogP) is 4.96. The van der Waals surface area contributed by atoms with Crippen molar-refractivity contribution in [2.45, 2.75) is 59.5 Å². The van der Waals surface area contributed by atoms with E-state index in [1.165, 1.54) is 41.7 Å². The normalized spacial score (nSPS) is 18.9. The smallest absolute Gasteiger partial charge is 0.0377 e. The maximum Gasteiger partial charge on any atom is 0.0377 e. The first-order chi connectivity index (χ1) is 9.66. The van der Waals surface area contributed by atoms with E-state index < -0.39 is 0 Å². The van der Waals surface area contributed by atoms with Crippen LogP contribution in [0, 0.1) is 5.41 Å². The quantitative estimate of drug-likeness (QED) is 0.826. The van der Waals surface area contributed by atoms with Gasteiger partial charge in [-0.3, -0.25) is 0 Å². The minimum absolute atomic E-state index is 0.149. The molecule has 2 nitrogen and oxygen atoms in total. The van der Waals surface area contributed by atoms with Gasteiger partial charge in [0.15, 0.2) is 0 Å². The summed E-state index contributed by atoms with van der Waals surface area (Å²) in [5.41, 5.74) is 3.32. The van der Waals surface area contributed by atoms with E-state index in [0.717, 1.165) is 6.54 Å². The van der Waals surface area contributed by atoms with E-state index in [1.54, 1.807) is 0 Å². The molecule has 0 bridgehead atoms. The van der Waals surface area contributed by atoms with Gasteiger partial charge in [0.1, 0.15) is 0 Å². The van der Waals surface area contributed by atoms with E-state index in [2.05, 4.69) is 79.0 Å². The highest BCUT2D eigenvalue weighted by Crippen LogP contribution is 2.33. The van der Waals surface area contributed by atoms with Crippen molar-refractivity contribution in [3.05, 3.63) is 28.2 Å². The fraction of sp³-hybridized carbons (Fsp3) is 0.667. The Morgan fingerprint density at radius 3 is 2.33 bits per heavy atom. The van der Waals surface area contributed by atoms with Gasteiger partial charge < -0.3 is 10.2 Å². The first kappa shape index (κ1) is 16.8. The molecule has 1 aliphatic heterocycles. The van der Waals surface area contributed by atoms with Crippen LogP contribution in [-0.4, -0.2) is 18.6 Å². The van der Waals surface area contributed by atoms with Crippen LogP contribution in [0.2, 0.25) is 0 Å². The molecule has 0 radical (unpaired) electrons. The first-order valence-corrected chi connectivity index (χ1v) is 8.74. The zero-order valence-corrected chi connectivity index (χ0v) is 15.7. The van der Waals surface area contributed by atoms with Crippen LogP contribution in [0.15, 0.2) is 22.7 Å². The van der Waals surface area contributed by atoms with Gasteiger partial charge in [-0.25, -0.2) is 0 Å². The van der Waals surface area contributed by atoms with E-state index in [9.17, 15) is 0 Å². The van der Waals surface area contributed by atoms with Crippen molar-refractivity contribution < 1.29 is 0 Å². The van der Waals surface area contributed by atoms with E-state index in [1.807, 2.05) is 0 Å². The molecule has 1 fully saturated rings. The topological polar surface area (TPSA) is 15.3 Å². The number of rotatable bonds is 3. The Labute approximate surface area is 138 Å². The summed E-state index contributed by atoms with van der Waals surface area (Å²) in [5, 5.41) is 3.55. The molecule has 118 valence electrons. The van der Waals surface area contributed by atoms with Gasteiger partial charge in [-0.2, -0.15) is 0 Å². The van der Waals surface area contributed by atoms with Crippen LogP contribution < -0.4 is 10.2 Å². The molecular formula is C18H29BrN2. The summed E-state index contributed by atoms with van der Waals surface area (Å²) in [6.07, 6.45) is 2.55. The van der Waals surface area contributed by atoms with Gasteiger partial charge in [-0.15, -0.1) is 0 Å². The number of nitrogens with zero attached hydrogens (tertiary/aromatic N) is 1. The molecule has 0 aromatic heterocycles. The molecule has 2 rings (SSSR count). The molecule has 0 spiro atoms. The average molecular weight is 353 g/mol. The van der Waals surface area contributed by atoms with Crippen molar-refractivity contribution in [1.29, 1.82) is 0 Å². The number of anilines is 1. The highest BCUT2D eigenvalue weighted by atomic mass is 79.9. The van der Waals surface area contributed by atoms with Crippen molar-refractivity contribution in [1.82, 2.24) is 5.32 Å². The second kappa shape index (κ2) is 6.29. The highest BCUT2D eigenvalue weighted by Gasteiger charge is 2.25. The standard InChI is InChI=1S/C18H29BrN2/c1-17(2,3)20-13-14-6-7-15(12-16(14)19)21-10-8-18(4,5)9-11-21/h6-7,12,20H,8-11,13H2,1-5H3. The zero-order chi connectivity index (χ0) is 15.7. The molecule has 0 aliphatic carbocycles. The van der Waals surface area contributed by atoms with Crippen LogP contribution in [0.5, 0.6) is 0 Å². The fourth-order valence-corrected chi connectivity index (χ4v) is 3.11. The van der Waals surface area contributed by atoms with Gasteiger partial charge in [0.05, 0.1) is 0 Å². The summed E-state index contributed by atoms with van der Waals surface area (Å²) in [4.78, 5) is 2.51. The molecule has 1 heterocycles. The van der Waals surface area contributed by atoms with Crippen LogP contribution in [0.4, 0.5) is 5.69 Å². The lowest BCUT2D eigenvalue weighted by molar-refractivity contribution is 0.280. The molecular weight excluding hydrogens is 324 g/mol. The van der Waals surface area contributed by atoms with Crippen molar-refractivity contribution in [2.75, 3.05) is 18.0 Å². The van der Waals surface area contributed by atoms with E-state index in [0.29, 0.717) is 5.41 Å². The minimum atomic E-state index is 0.149. The van der Waals surface area contributed by atoms with Crippen LogP contribution in [-0.2, 0) is 6.54 Å². The van der Waals surface area contributed by atoms with Crippen LogP contribution >= 0.6 is 15.9 Å².